The average Bonchev–Trinajstić information content (AvgIpc) is 3.37. The Hall–Kier alpha value is -3.62. The van der Waals surface area contributed by atoms with E-state index < -0.39 is 16.1 Å². The second kappa shape index (κ2) is 11.2. The maximum Gasteiger partial charge on any atom is 0.241 e. The second-order valence-electron chi connectivity index (χ2n) is 8.43. The van der Waals surface area contributed by atoms with Gasteiger partial charge in [-0.05, 0) is 61.1 Å². The molecule has 1 unspecified atom stereocenters. The number of aryl methyl sites for hydroxylation is 1. The first kappa shape index (κ1) is 24.5. The van der Waals surface area contributed by atoms with Crippen LogP contribution in [0, 0.1) is 0 Å². The van der Waals surface area contributed by atoms with E-state index in [0.29, 0.717) is 12.1 Å². The predicted octanol–water partition coefficient (Wildman–Crippen LogP) is 3.90. The number of rotatable bonds is 11. The summed E-state index contributed by atoms with van der Waals surface area (Å²) < 4.78 is 28.6. The summed E-state index contributed by atoms with van der Waals surface area (Å²) in [4.78, 5) is 16.2. The quantitative estimate of drug-likeness (QED) is 0.238. The summed E-state index contributed by atoms with van der Waals surface area (Å²) in [5.41, 5.74) is 2.54. The number of nitrogens with one attached hydrogen (secondary N) is 3. The lowest BCUT2D eigenvalue weighted by molar-refractivity contribution is -0.122. The molecule has 0 aliphatic heterocycles. The first-order valence-electron chi connectivity index (χ1n) is 11.6. The summed E-state index contributed by atoms with van der Waals surface area (Å²) in [5, 5.41) is 13.7. The van der Waals surface area contributed by atoms with Crippen LogP contribution < -0.4 is 10.0 Å². The molecule has 7 nitrogen and oxygen atoms in total. The van der Waals surface area contributed by atoms with Crippen molar-refractivity contribution in [1.82, 2.24) is 15.0 Å². The van der Waals surface area contributed by atoms with Crippen molar-refractivity contribution in [1.29, 1.82) is 0 Å². The van der Waals surface area contributed by atoms with E-state index in [2.05, 4.69) is 27.2 Å². The molecule has 1 atom stereocenters. The highest BCUT2D eigenvalue weighted by Crippen LogP contribution is 2.27. The standard InChI is InChI=1S/C27H29N3O4S/c31-25-15-14-21(23-16-18-28-26(23)25)19-24(30-35(33,34)22-12-5-2-6-13-22)27(32)29-17-8-7-11-20-9-3-1-4-10-20/h1-6,9-10,12-16,18,24,28,30-31H,7-8,11,17,19H2,(H,29,32). The van der Waals surface area contributed by atoms with Crippen molar-refractivity contribution in [2.75, 3.05) is 6.54 Å². The van der Waals surface area contributed by atoms with Crippen molar-refractivity contribution in [3.05, 3.63) is 96.2 Å². The number of phenols is 1. The number of hydrogen-bond acceptors (Lipinski definition) is 4. The number of fused-ring (bicyclic) bond motifs is 1. The Kier molecular flexibility index (Phi) is 7.84. The normalized spacial score (nSPS) is 12.5. The summed E-state index contributed by atoms with van der Waals surface area (Å²) in [6, 6.07) is 22.2. The van der Waals surface area contributed by atoms with Crippen molar-refractivity contribution in [2.45, 2.75) is 36.6 Å². The Bertz CT molecular complexity index is 1370. The van der Waals surface area contributed by atoms with Gasteiger partial charge in [0.05, 0.1) is 10.4 Å². The molecule has 8 heteroatoms. The van der Waals surface area contributed by atoms with Crippen LogP contribution in [0.2, 0.25) is 0 Å². The molecule has 35 heavy (non-hydrogen) atoms. The Morgan fingerprint density at radius 1 is 0.914 bits per heavy atom. The molecule has 4 N–H and O–H groups in total. The summed E-state index contributed by atoms with van der Waals surface area (Å²) >= 11 is 0. The van der Waals surface area contributed by atoms with Crippen LogP contribution in [0.5, 0.6) is 5.75 Å². The Morgan fingerprint density at radius 2 is 1.63 bits per heavy atom. The van der Waals surface area contributed by atoms with Gasteiger partial charge in [0.1, 0.15) is 11.8 Å². The van der Waals surface area contributed by atoms with Crippen LogP contribution in [-0.4, -0.2) is 37.0 Å². The van der Waals surface area contributed by atoms with Gasteiger partial charge < -0.3 is 15.4 Å². The highest BCUT2D eigenvalue weighted by molar-refractivity contribution is 7.89. The number of carbonyl (C=O) groups excluding carboxylic acids is 1. The van der Waals surface area contributed by atoms with Crippen molar-refractivity contribution in [2.24, 2.45) is 0 Å². The van der Waals surface area contributed by atoms with Gasteiger partial charge in [-0.3, -0.25) is 4.79 Å². The third kappa shape index (κ3) is 6.29. The minimum absolute atomic E-state index is 0.0954. The Morgan fingerprint density at radius 3 is 2.37 bits per heavy atom. The molecule has 1 amide bonds. The van der Waals surface area contributed by atoms with Crippen LogP contribution in [0.1, 0.15) is 24.0 Å². The zero-order valence-corrected chi connectivity index (χ0v) is 20.1. The number of aromatic amines is 1. The number of carbonyl (C=O) groups is 1. The Balaban J connectivity index is 1.46. The van der Waals surface area contributed by atoms with Crippen molar-refractivity contribution < 1.29 is 18.3 Å². The number of phenolic OH excluding ortho intramolecular Hbond substituents is 1. The molecule has 0 aliphatic rings. The van der Waals surface area contributed by atoms with Crippen LogP contribution in [0.4, 0.5) is 0 Å². The average molecular weight is 492 g/mol. The van der Waals surface area contributed by atoms with Crippen LogP contribution in [-0.2, 0) is 27.7 Å². The first-order valence-corrected chi connectivity index (χ1v) is 13.1. The van der Waals surface area contributed by atoms with E-state index in [1.807, 2.05) is 18.2 Å². The van der Waals surface area contributed by atoms with E-state index in [1.165, 1.54) is 17.7 Å². The van der Waals surface area contributed by atoms with Gasteiger partial charge in [0.15, 0.2) is 0 Å². The number of aromatic hydroxyl groups is 1. The van der Waals surface area contributed by atoms with E-state index in [9.17, 15) is 18.3 Å². The molecule has 0 fully saturated rings. The second-order valence-corrected chi connectivity index (χ2v) is 10.1. The summed E-state index contributed by atoms with van der Waals surface area (Å²) in [7, 11) is -3.91. The monoisotopic (exact) mass is 491 g/mol. The van der Waals surface area contributed by atoms with Gasteiger partial charge in [0, 0.05) is 18.1 Å². The summed E-state index contributed by atoms with van der Waals surface area (Å²) in [6.07, 6.45) is 4.44. The number of benzene rings is 3. The number of hydrogen-bond donors (Lipinski definition) is 4. The third-order valence-electron chi connectivity index (χ3n) is 5.92. The largest absolute Gasteiger partial charge is 0.506 e. The third-order valence-corrected chi connectivity index (χ3v) is 7.40. The smallest absolute Gasteiger partial charge is 0.241 e. The van der Waals surface area contributed by atoms with Crippen LogP contribution in [0.3, 0.4) is 0 Å². The number of unbranched alkanes of at least 4 members (excludes halogenated alkanes) is 1. The summed E-state index contributed by atoms with van der Waals surface area (Å²) in [5.74, 6) is -0.293. The molecule has 1 heterocycles. The van der Waals surface area contributed by atoms with Crippen molar-refractivity contribution in [3.8, 4) is 5.75 Å². The van der Waals surface area contributed by atoms with Gasteiger partial charge in [-0.2, -0.15) is 4.72 Å². The first-order chi connectivity index (χ1) is 16.9. The van der Waals surface area contributed by atoms with Gasteiger partial charge in [-0.25, -0.2) is 8.42 Å². The molecule has 0 spiro atoms. The molecule has 0 saturated carbocycles. The molecular weight excluding hydrogens is 462 g/mol. The maximum absolute atomic E-state index is 13.1. The number of sulfonamides is 1. The van der Waals surface area contributed by atoms with E-state index in [-0.39, 0.29) is 23.0 Å². The lowest BCUT2D eigenvalue weighted by atomic mass is 10.0. The molecular formula is C27H29N3O4S. The van der Waals surface area contributed by atoms with E-state index >= 15 is 0 Å². The van der Waals surface area contributed by atoms with Gasteiger partial charge in [0.2, 0.25) is 15.9 Å². The van der Waals surface area contributed by atoms with Gasteiger partial charge in [0.25, 0.3) is 0 Å². The lowest BCUT2D eigenvalue weighted by Gasteiger charge is -2.19. The zero-order chi connectivity index (χ0) is 24.7. The van der Waals surface area contributed by atoms with E-state index in [4.69, 9.17) is 0 Å². The van der Waals surface area contributed by atoms with Gasteiger partial charge >= 0.3 is 0 Å². The molecule has 0 bridgehead atoms. The van der Waals surface area contributed by atoms with E-state index in [0.717, 1.165) is 30.2 Å². The summed E-state index contributed by atoms with van der Waals surface area (Å²) in [6.45, 7) is 0.449. The molecule has 0 aliphatic carbocycles. The van der Waals surface area contributed by atoms with E-state index in [1.54, 1.807) is 42.6 Å². The molecule has 182 valence electrons. The fourth-order valence-corrected chi connectivity index (χ4v) is 5.29. The predicted molar refractivity (Wildman–Crippen MR) is 137 cm³/mol. The van der Waals surface area contributed by atoms with Crippen LogP contribution in [0.15, 0.2) is 90.0 Å². The lowest BCUT2D eigenvalue weighted by Crippen LogP contribution is -2.48. The minimum atomic E-state index is -3.91. The molecule has 4 rings (SSSR count). The van der Waals surface area contributed by atoms with Gasteiger partial charge in [-0.15, -0.1) is 0 Å². The number of amides is 1. The van der Waals surface area contributed by atoms with Gasteiger partial charge in [-0.1, -0.05) is 54.6 Å². The molecule has 0 radical (unpaired) electrons. The van der Waals surface area contributed by atoms with Crippen molar-refractivity contribution in [3.63, 3.8) is 0 Å². The number of H-pyrrole nitrogens is 1. The molecule has 0 saturated heterocycles. The zero-order valence-electron chi connectivity index (χ0n) is 19.3. The highest BCUT2D eigenvalue weighted by atomic mass is 32.2. The topological polar surface area (TPSA) is 111 Å². The minimum Gasteiger partial charge on any atom is -0.506 e. The highest BCUT2D eigenvalue weighted by Gasteiger charge is 2.26. The van der Waals surface area contributed by atoms with Crippen LogP contribution >= 0.6 is 0 Å². The SMILES string of the molecule is O=C(NCCCCc1ccccc1)C(Cc1ccc(O)c2[nH]ccc12)NS(=O)(=O)c1ccccc1. The fraction of sp³-hybridized carbons (Fsp3) is 0.222. The molecule has 1 aromatic heterocycles. The molecule has 3 aromatic carbocycles. The molecule has 4 aromatic rings. The fourth-order valence-electron chi connectivity index (χ4n) is 4.08. The number of aromatic nitrogens is 1. The van der Waals surface area contributed by atoms with Crippen LogP contribution in [0.25, 0.3) is 10.9 Å². The maximum atomic E-state index is 13.1. The van der Waals surface area contributed by atoms with Crippen molar-refractivity contribution >= 4 is 26.8 Å². The Labute approximate surface area is 205 Å².